The summed E-state index contributed by atoms with van der Waals surface area (Å²) in [6.07, 6.45) is 1.94. The van der Waals surface area contributed by atoms with Crippen molar-refractivity contribution in [1.82, 2.24) is 0 Å². The molecular weight excluding hydrogens is 383 g/mol. The zero-order chi connectivity index (χ0) is 20.7. The first-order chi connectivity index (χ1) is 14.8. The predicted octanol–water partition coefficient (Wildman–Crippen LogP) is 5.97. The lowest BCUT2D eigenvalue weighted by Gasteiger charge is -2.28. The van der Waals surface area contributed by atoms with Crippen LogP contribution in [0.5, 0.6) is 5.75 Å². The van der Waals surface area contributed by atoms with Crippen LogP contribution in [0.3, 0.4) is 0 Å². The number of rotatable bonds is 8. The van der Waals surface area contributed by atoms with Crippen LogP contribution in [0.15, 0.2) is 115 Å². The van der Waals surface area contributed by atoms with Gasteiger partial charge in [-0.25, -0.2) is 0 Å². The lowest BCUT2D eigenvalue weighted by molar-refractivity contribution is 0.315. The Morgan fingerprint density at radius 1 is 0.567 bits per heavy atom. The Hall–Kier alpha value is -2.89. The molecule has 0 unspecified atom stereocenters. The van der Waals surface area contributed by atoms with Gasteiger partial charge < -0.3 is 4.74 Å². The summed E-state index contributed by atoms with van der Waals surface area (Å²) in [6, 6.07) is 41.6. The third kappa shape index (κ3) is 4.18. The van der Waals surface area contributed by atoms with E-state index in [4.69, 9.17) is 4.74 Å². The summed E-state index contributed by atoms with van der Waals surface area (Å²) in [7, 11) is -1.91. The van der Waals surface area contributed by atoms with E-state index in [0.29, 0.717) is 0 Å². The Bertz CT molecular complexity index is 949. The van der Waals surface area contributed by atoms with Gasteiger partial charge in [-0.15, -0.1) is 0 Å². The maximum Gasteiger partial charge on any atom is 0.126 e. The highest BCUT2D eigenvalue weighted by Crippen LogP contribution is 2.58. The van der Waals surface area contributed by atoms with Gasteiger partial charge in [0.05, 0.1) is 6.61 Å². The minimum Gasteiger partial charge on any atom is -0.493 e. The Morgan fingerprint density at radius 3 is 1.47 bits per heavy atom. The van der Waals surface area contributed by atoms with E-state index in [1.807, 2.05) is 0 Å². The van der Waals surface area contributed by atoms with Crippen molar-refractivity contribution in [3.8, 4) is 5.75 Å². The number of para-hydroxylation sites is 1. The van der Waals surface area contributed by atoms with Gasteiger partial charge in [-0.05, 0) is 48.9 Å². The molecule has 0 spiro atoms. The topological polar surface area (TPSA) is 9.23 Å². The molecule has 0 saturated heterocycles. The molecule has 0 aliphatic carbocycles. The van der Waals surface area contributed by atoms with Crippen LogP contribution in [0.25, 0.3) is 0 Å². The Morgan fingerprint density at radius 2 is 1.00 bits per heavy atom. The van der Waals surface area contributed by atoms with Crippen molar-refractivity contribution in [3.05, 3.63) is 121 Å². The van der Waals surface area contributed by atoms with Gasteiger partial charge in [0.1, 0.15) is 35.1 Å². The molecule has 0 aliphatic heterocycles. The van der Waals surface area contributed by atoms with Crippen LogP contribution >= 0.6 is 7.26 Å². The highest BCUT2D eigenvalue weighted by molar-refractivity contribution is 7.95. The van der Waals surface area contributed by atoms with Gasteiger partial charge in [-0.3, -0.25) is 0 Å². The standard InChI is InChI=1S/C28H28OP/c1-2-22-29-28-21-13-12-14-24(28)23-30(25-15-6-3-7-16-25,26-17-8-4-9-18-26)27-19-10-5-11-20-27/h3-21H,2,22-23H2,1H3/q+1. The third-order valence-electron chi connectivity index (χ3n) is 5.43. The summed E-state index contributed by atoms with van der Waals surface area (Å²) in [4.78, 5) is 0. The van der Waals surface area contributed by atoms with Crippen LogP contribution in [0.4, 0.5) is 0 Å². The quantitative estimate of drug-likeness (QED) is 0.325. The first kappa shape index (κ1) is 20.4. The molecule has 0 amide bonds. The summed E-state index contributed by atoms with van der Waals surface area (Å²) in [5, 5.41) is 4.19. The molecule has 4 rings (SSSR count). The van der Waals surface area contributed by atoms with Crippen molar-refractivity contribution in [3.63, 3.8) is 0 Å². The number of benzene rings is 4. The Kier molecular flexibility index (Phi) is 6.62. The average molecular weight is 412 g/mol. The predicted molar refractivity (Wildman–Crippen MR) is 131 cm³/mol. The van der Waals surface area contributed by atoms with Crippen molar-refractivity contribution < 1.29 is 4.74 Å². The molecule has 4 aromatic rings. The summed E-state index contributed by atoms with van der Waals surface area (Å²) in [6.45, 7) is 2.89. The molecule has 0 aliphatic rings. The highest BCUT2D eigenvalue weighted by Gasteiger charge is 2.45. The number of ether oxygens (including phenoxy) is 1. The fourth-order valence-electron chi connectivity index (χ4n) is 4.01. The van der Waals surface area contributed by atoms with Gasteiger partial charge in [-0.2, -0.15) is 0 Å². The van der Waals surface area contributed by atoms with Crippen LogP contribution in [0.2, 0.25) is 0 Å². The van der Waals surface area contributed by atoms with E-state index in [0.717, 1.165) is 24.9 Å². The second kappa shape index (κ2) is 9.74. The van der Waals surface area contributed by atoms with E-state index in [-0.39, 0.29) is 0 Å². The largest absolute Gasteiger partial charge is 0.493 e. The SMILES string of the molecule is CCCOc1ccccc1C[P+](c1ccccc1)(c1ccccc1)c1ccccc1. The molecule has 0 saturated carbocycles. The fraction of sp³-hybridized carbons (Fsp3) is 0.143. The molecule has 150 valence electrons. The molecule has 0 heterocycles. The second-order valence-electron chi connectivity index (χ2n) is 7.43. The molecule has 0 fully saturated rings. The van der Waals surface area contributed by atoms with Gasteiger partial charge in [-0.1, -0.05) is 79.7 Å². The lowest BCUT2D eigenvalue weighted by atomic mass is 10.2. The van der Waals surface area contributed by atoms with Crippen molar-refractivity contribution in [1.29, 1.82) is 0 Å². The lowest BCUT2D eigenvalue weighted by Crippen LogP contribution is -2.32. The van der Waals surface area contributed by atoms with E-state index in [1.165, 1.54) is 21.5 Å². The summed E-state index contributed by atoms with van der Waals surface area (Å²) in [5.41, 5.74) is 1.27. The fourth-order valence-corrected chi connectivity index (χ4v) is 8.27. The summed E-state index contributed by atoms with van der Waals surface area (Å²) < 4.78 is 6.16. The Labute approximate surface area is 180 Å². The maximum atomic E-state index is 6.16. The molecular formula is C28H28OP+. The molecule has 30 heavy (non-hydrogen) atoms. The van der Waals surface area contributed by atoms with Crippen LogP contribution in [-0.4, -0.2) is 6.61 Å². The first-order valence-corrected chi connectivity index (χ1v) is 12.6. The van der Waals surface area contributed by atoms with Crippen molar-refractivity contribution in [2.24, 2.45) is 0 Å². The number of hydrogen-bond donors (Lipinski definition) is 0. The van der Waals surface area contributed by atoms with Gasteiger partial charge in [0.25, 0.3) is 0 Å². The number of hydrogen-bond acceptors (Lipinski definition) is 1. The maximum absolute atomic E-state index is 6.16. The van der Waals surface area contributed by atoms with E-state index >= 15 is 0 Å². The Balaban J connectivity index is 1.95. The van der Waals surface area contributed by atoms with Crippen LogP contribution < -0.4 is 20.7 Å². The monoisotopic (exact) mass is 411 g/mol. The zero-order valence-corrected chi connectivity index (χ0v) is 18.3. The van der Waals surface area contributed by atoms with Crippen molar-refractivity contribution >= 4 is 23.2 Å². The van der Waals surface area contributed by atoms with Crippen LogP contribution in [0, 0.1) is 0 Å². The second-order valence-corrected chi connectivity index (χ2v) is 10.9. The molecule has 2 heteroatoms. The van der Waals surface area contributed by atoms with E-state index in [9.17, 15) is 0 Å². The van der Waals surface area contributed by atoms with Crippen LogP contribution in [0.1, 0.15) is 18.9 Å². The van der Waals surface area contributed by atoms with E-state index in [1.54, 1.807) is 0 Å². The summed E-state index contributed by atoms with van der Waals surface area (Å²) >= 11 is 0. The van der Waals surface area contributed by atoms with E-state index in [2.05, 4.69) is 122 Å². The molecule has 1 nitrogen and oxygen atoms in total. The van der Waals surface area contributed by atoms with Gasteiger partial charge in [0.15, 0.2) is 0 Å². The molecule has 0 N–H and O–H groups in total. The normalized spacial score (nSPS) is 11.2. The van der Waals surface area contributed by atoms with Gasteiger partial charge in [0, 0.05) is 5.56 Å². The van der Waals surface area contributed by atoms with Crippen LogP contribution in [-0.2, 0) is 6.16 Å². The summed E-state index contributed by atoms with van der Waals surface area (Å²) in [5.74, 6) is 1.01. The first-order valence-electron chi connectivity index (χ1n) is 10.6. The average Bonchev–Trinajstić information content (AvgIpc) is 2.83. The van der Waals surface area contributed by atoms with Crippen molar-refractivity contribution in [2.75, 3.05) is 6.61 Å². The van der Waals surface area contributed by atoms with Gasteiger partial charge >= 0.3 is 0 Å². The molecule has 0 radical (unpaired) electrons. The molecule has 4 aromatic carbocycles. The van der Waals surface area contributed by atoms with E-state index < -0.39 is 7.26 Å². The smallest absolute Gasteiger partial charge is 0.126 e. The third-order valence-corrected chi connectivity index (χ3v) is 9.79. The highest BCUT2D eigenvalue weighted by atomic mass is 31.2. The minimum absolute atomic E-state index is 0.741. The van der Waals surface area contributed by atoms with Gasteiger partial charge in [0.2, 0.25) is 0 Å². The van der Waals surface area contributed by atoms with Crippen molar-refractivity contribution in [2.45, 2.75) is 19.5 Å². The minimum atomic E-state index is -1.91. The zero-order valence-electron chi connectivity index (χ0n) is 17.4. The molecule has 0 bridgehead atoms. The molecule has 0 aromatic heterocycles. The molecule has 0 atom stereocenters.